The van der Waals surface area contributed by atoms with Crippen molar-refractivity contribution in [2.75, 3.05) is 26.4 Å². The van der Waals surface area contributed by atoms with Crippen LogP contribution in [0.5, 0.6) is 21.6 Å². The number of fused-ring (bicyclic) bond motifs is 2. The summed E-state index contributed by atoms with van der Waals surface area (Å²) in [4.78, 5) is 0. The Morgan fingerprint density at radius 1 is 0.615 bits per heavy atom. The Morgan fingerprint density at radius 2 is 1.04 bits per heavy atom. The SMILES string of the molecule is Fc1cc(-c2csc3c2OCCO3)c(F)cc1-c1csc2c1OCCO2. The summed E-state index contributed by atoms with van der Waals surface area (Å²) < 4.78 is 51.9. The van der Waals surface area contributed by atoms with Gasteiger partial charge < -0.3 is 18.9 Å². The lowest BCUT2D eigenvalue weighted by molar-refractivity contribution is 0.178. The van der Waals surface area contributed by atoms with Crippen LogP contribution in [0.15, 0.2) is 22.9 Å². The van der Waals surface area contributed by atoms with E-state index < -0.39 is 11.6 Å². The van der Waals surface area contributed by atoms with Gasteiger partial charge in [0.2, 0.25) is 10.1 Å². The molecule has 0 atom stereocenters. The first kappa shape index (κ1) is 15.9. The molecule has 0 unspecified atom stereocenters. The van der Waals surface area contributed by atoms with E-state index in [0.717, 1.165) is 0 Å². The topological polar surface area (TPSA) is 36.9 Å². The fourth-order valence-corrected chi connectivity index (χ4v) is 4.79. The van der Waals surface area contributed by atoms with Crippen molar-refractivity contribution in [1.29, 1.82) is 0 Å². The molecule has 0 amide bonds. The largest absolute Gasteiger partial charge is 0.485 e. The lowest BCUT2D eigenvalue weighted by atomic mass is 10.0. The van der Waals surface area contributed by atoms with E-state index in [-0.39, 0.29) is 11.1 Å². The van der Waals surface area contributed by atoms with Crippen LogP contribution in [0, 0.1) is 11.6 Å². The predicted molar refractivity (Wildman–Crippen MR) is 95.0 cm³/mol. The molecule has 0 bridgehead atoms. The van der Waals surface area contributed by atoms with Crippen molar-refractivity contribution >= 4 is 22.7 Å². The molecule has 0 saturated carbocycles. The Labute approximate surface area is 155 Å². The normalized spacial score (nSPS) is 15.2. The highest BCUT2D eigenvalue weighted by Crippen LogP contribution is 2.49. The van der Waals surface area contributed by atoms with Crippen LogP contribution in [-0.2, 0) is 0 Å². The molecule has 3 aromatic rings. The highest BCUT2D eigenvalue weighted by Gasteiger charge is 2.26. The van der Waals surface area contributed by atoms with Gasteiger partial charge in [-0.15, -0.1) is 22.7 Å². The fraction of sp³-hybridized carbons (Fsp3) is 0.222. The molecule has 0 radical (unpaired) electrons. The van der Waals surface area contributed by atoms with Crippen LogP contribution in [0.25, 0.3) is 22.3 Å². The van der Waals surface area contributed by atoms with E-state index in [9.17, 15) is 8.78 Å². The number of hydrogen-bond acceptors (Lipinski definition) is 6. The molecule has 0 fully saturated rings. The number of thiophene rings is 2. The summed E-state index contributed by atoms with van der Waals surface area (Å²) in [6.45, 7) is 1.68. The van der Waals surface area contributed by atoms with E-state index in [2.05, 4.69) is 0 Å². The van der Waals surface area contributed by atoms with Crippen LogP contribution < -0.4 is 18.9 Å². The van der Waals surface area contributed by atoms with Gasteiger partial charge in [-0.1, -0.05) is 0 Å². The van der Waals surface area contributed by atoms with E-state index >= 15 is 0 Å². The zero-order valence-corrected chi connectivity index (χ0v) is 15.0. The summed E-state index contributed by atoms with van der Waals surface area (Å²) in [5, 5.41) is 4.62. The molecule has 0 spiro atoms. The first-order valence-electron chi connectivity index (χ1n) is 7.96. The molecule has 2 aliphatic rings. The van der Waals surface area contributed by atoms with Gasteiger partial charge in [-0.25, -0.2) is 8.78 Å². The van der Waals surface area contributed by atoms with Crippen molar-refractivity contribution < 1.29 is 27.7 Å². The Balaban J connectivity index is 1.60. The third-order valence-corrected chi connectivity index (χ3v) is 5.93. The van der Waals surface area contributed by atoms with Crippen molar-refractivity contribution in [2.24, 2.45) is 0 Å². The maximum atomic E-state index is 14.9. The second-order valence-corrected chi connectivity index (χ2v) is 7.42. The minimum Gasteiger partial charge on any atom is -0.485 e. The van der Waals surface area contributed by atoms with Gasteiger partial charge in [0.05, 0.1) is 0 Å². The summed E-state index contributed by atoms with van der Waals surface area (Å²) in [6.07, 6.45) is 0. The van der Waals surface area contributed by atoms with Crippen molar-refractivity contribution in [3.05, 3.63) is 34.5 Å². The van der Waals surface area contributed by atoms with Crippen LogP contribution in [0.4, 0.5) is 8.78 Å². The molecule has 4 heterocycles. The smallest absolute Gasteiger partial charge is 0.217 e. The molecule has 8 heteroatoms. The Kier molecular flexibility index (Phi) is 3.75. The number of benzene rings is 1. The van der Waals surface area contributed by atoms with Crippen molar-refractivity contribution in [3.63, 3.8) is 0 Å². The average molecular weight is 394 g/mol. The zero-order chi connectivity index (χ0) is 17.7. The van der Waals surface area contributed by atoms with Crippen molar-refractivity contribution in [1.82, 2.24) is 0 Å². The van der Waals surface area contributed by atoms with Gasteiger partial charge in [0.1, 0.15) is 38.1 Å². The minimum absolute atomic E-state index is 0.149. The first-order valence-corrected chi connectivity index (χ1v) is 9.72. The quantitative estimate of drug-likeness (QED) is 0.615. The molecular weight excluding hydrogens is 382 g/mol. The third-order valence-electron chi connectivity index (χ3n) is 4.19. The van der Waals surface area contributed by atoms with Crippen molar-refractivity contribution in [3.8, 4) is 43.9 Å². The summed E-state index contributed by atoms with van der Waals surface area (Å²) in [6, 6.07) is 2.39. The Hall–Kier alpha value is -2.32. The van der Waals surface area contributed by atoms with Crippen LogP contribution in [0.1, 0.15) is 0 Å². The van der Waals surface area contributed by atoms with Crippen LogP contribution >= 0.6 is 22.7 Å². The molecule has 26 heavy (non-hydrogen) atoms. The predicted octanol–water partition coefficient (Wildman–Crippen LogP) is 4.96. The average Bonchev–Trinajstić information content (AvgIpc) is 3.27. The lowest BCUT2D eigenvalue weighted by Gasteiger charge is -2.17. The second kappa shape index (κ2) is 6.14. The first-order chi connectivity index (χ1) is 12.7. The molecule has 0 N–H and O–H groups in total. The van der Waals surface area contributed by atoms with E-state index in [4.69, 9.17) is 18.9 Å². The number of halogens is 2. The molecule has 2 aliphatic heterocycles. The molecule has 1 aromatic carbocycles. The summed E-state index contributed by atoms with van der Waals surface area (Å²) >= 11 is 2.62. The Morgan fingerprint density at radius 3 is 1.50 bits per heavy atom. The highest BCUT2D eigenvalue weighted by atomic mass is 32.1. The standard InChI is InChI=1S/C18H12F2O4S2/c19-13-6-10(12-8-26-18-16(12)22-2-4-24-18)14(20)5-9(13)11-7-25-17-15(11)21-1-3-23-17/h5-8H,1-4H2. The van der Waals surface area contributed by atoms with Gasteiger partial charge in [-0.3, -0.25) is 0 Å². The maximum Gasteiger partial charge on any atom is 0.217 e. The maximum absolute atomic E-state index is 14.9. The van der Waals surface area contributed by atoms with Gasteiger partial charge in [0.15, 0.2) is 11.5 Å². The molecule has 0 saturated heterocycles. The summed E-state index contributed by atoms with van der Waals surface area (Å²) in [5.74, 6) is -0.130. The lowest BCUT2D eigenvalue weighted by Crippen LogP contribution is -2.14. The van der Waals surface area contributed by atoms with E-state index in [1.165, 1.54) is 34.8 Å². The molecule has 5 rings (SSSR count). The highest BCUT2D eigenvalue weighted by molar-refractivity contribution is 7.13. The molecule has 2 aromatic heterocycles. The van der Waals surface area contributed by atoms with Gasteiger partial charge in [-0.05, 0) is 12.1 Å². The van der Waals surface area contributed by atoms with Gasteiger partial charge >= 0.3 is 0 Å². The van der Waals surface area contributed by atoms with Crippen LogP contribution in [-0.4, -0.2) is 26.4 Å². The summed E-state index contributed by atoms with van der Waals surface area (Å²) in [5.41, 5.74) is 1.30. The number of ether oxygens (including phenoxy) is 4. The monoisotopic (exact) mass is 394 g/mol. The van der Waals surface area contributed by atoms with E-state index in [1.54, 1.807) is 10.8 Å². The molecule has 134 valence electrons. The van der Waals surface area contributed by atoms with E-state index in [0.29, 0.717) is 59.2 Å². The summed E-state index contributed by atoms with van der Waals surface area (Å²) in [7, 11) is 0. The third kappa shape index (κ3) is 2.44. The number of rotatable bonds is 2. The van der Waals surface area contributed by atoms with Gasteiger partial charge in [0, 0.05) is 33.0 Å². The van der Waals surface area contributed by atoms with Gasteiger partial charge in [-0.2, -0.15) is 0 Å². The zero-order valence-electron chi connectivity index (χ0n) is 13.3. The Bertz CT molecular complexity index is 915. The second-order valence-electron chi connectivity index (χ2n) is 5.74. The molecule has 0 aliphatic carbocycles. The number of hydrogen-bond donors (Lipinski definition) is 0. The molecular formula is C18H12F2O4S2. The molecule has 4 nitrogen and oxygen atoms in total. The van der Waals surface area contributed by atoms with E-state index in [1.807, 2.05) is 0 Å². The van der Waals surface area contributed by atoms with Crippen LogP contribution in [0.2, 0.25) is 0 Å². The van der Waals surface area contributed by atoms with Crippen LogP contribution in [0.3, 0.4) is 0 Å². The van der Waals surface area contributed by atoms with Gasteiger partial charge in [0.25, 0.3) is 0 Å². The minimum atomic E-state index is -0.534. The van der Waals surface area contributed by atoms with Crippen molar-refractivity contribution in [2.45, 2.75) is 0 Å². The fourth-order valence-electron chi connectivity index (χ4n) is 3.02.